The molecule has 16 heavy (non-hydrogen) atoms. The van der Waals surface area contributed by atoms with Crippen LogP contribution in [0, 0.1) is 0 Å². The van der Waals surface area contributed by atoms with Gasteiger partial charge >= 0.3 is 5.97 Å². The molecule has 0 aromatic rings. The largest absolute Gasteiger partial charge is 0.463 e. The Bertz CT molecular complexity index is 290. The molecule has 0 N–H and O–H groups in total. The molecule has 1 aliphatic rings. The van der Waals surface area contributed by atoms with Crippen molar-refractivity contribution in [2.45, 2.75) is 38.2 Å². The van der Waals surface area contributed by atoms with Gasteiger partial charge in [0.2, 0.25) is 0 Å². The Kier molecular flexibility index (Phi) is 5.04. The third-order valence-electron chi connectivity index (χ3n) is 2.33. The third kappa shape index (κ3) is 3.69. The van der Waals surface area contributed by atoms with Crippen LogP contribution in [-0.2, 0) is 19.0 Å². The van der Waals surface area contributed by atoms with Gasteiger partial charge in [-0.15, -0.1) is 0 Å². The molecule has 90 valence electrons. The molecular weight excluding hydrogens is 214 g/mol. The summed E-state index contributed by atoms with van der Waals surface area (Å²) in [5.41, 5.74) is 8.35. The fourth-order valence-electron chi connectivity index (χ4n) is 1.57. The highest BCUT2D eigenvalue weighted by atomic mass is 16.7. The van der Waals surface area contributed by atoms with Gasteiger partial charge in [-0.2, -0.15) is 0 Å². The highest BCUT2D eigenvalue weighted by Gasteiger charge is 2.31. The number of hydrogen-bond donors (Lipinski definition) is 0. The number of esters is 1. The predicted octanol–water partition coefficient (Wildman–Crippen LogP) is 1.38. The van der Waals surface area contributed by atoms with Crippen LogP contribution in [0.25, 0.3) is 10.4 Å². The maximum atomic E-state index is 10.6. The summed E-state index contributed by atoms with van der Waals surface area (Å²) in [5, 5.41) is 3.59. The summed E-state index contributed by atoms with van der Waals surface area (Å²) in [6.45, 7) is 1.55. The first-order valence-electron chi connectivity index (χ1n) is 5.03. The van der Waals surface area contributed by atoms with E-state index in [0.717, 1.165) is 0 Å². The van der Waals surface area contributed by atoms with E-state index in [4.69, 9.17) is 19.7 Å². The number of rotatable bonds is 4. The number of methoxy groups -OCH3 is 1. The van der Waals surface area contributed by atoms with Gasteiger partial charge < -0.3 is 14.2 Å². The fraction of sp³-hybridized carbons (Fsp3) is 0.889. The molecular formula is C9H15N3O4. The minimum absolute atomic E-state index is 0.195. The number of azide groups is 1. The minimum Gasteiger partial charge on any atom is -0.463 e. The molecule has 3 atom stereocenters. The van der Waals surface area contributed by atoms with Gasteiger partial charge in [0.15, 0.2) is 6.29 Å². The van der Waals surface area contributed by atoms with Crippen LogP contribution in [0.2, 0.25) is 0 Å². The van der Waals surface area contributed by atoms with Gasteiger partial charge in [0.25, 0.3) is 0 Å². The molecule has 7 heteroatoms. The van der Waals surface area contributed by atoms with Gasteiger partial charge in [-0.3, -0.25) is 4.79 Å². The van der Waals surface area contributed by atoms with Crippen LogP contribution in [0.5, 0.6) is 0 Å². The molecule has 1 saturated heterocycles. The van der Waals surface area contributed by atoms with Crippen molar-refractivity contribution in [1.82, 2.24) is 0 Å². The molecule has 1 heterocycles. The van der Waals surface area contributed by atoms with Crippen molar-refractivity contribution in [3.8, 4) is 0 Å². The second-order valence-corrected chi connectivity index (χ2v) is 3.51. The van der Waals surface area contributed by atoms with Crippen LogP contribution >= 0.6 is 0 Å². The van der Waals surface area contributed by atoms with Crippen molar-refractivity contribution in [3.05, 3.63) is 10.4 Å². The smallest absolute Gasteiger partial charge is 0.302 e. The summed E-state index contributed by atoms with van der Waals surface area (Å²) in [6, 6.07) is -0.316. The summed E-state index contributed by atoms with van der Waals surface area (Å²) in [6.07, 6.45) is 0.579. The van der Waals surface area contributed by atoms with E-state index in [1.54, 1.807) is 0 Å². The zero-order chi connectivity index (χ0) is 12.0. The maximum absolute atomic E-state index is 10.6. The lowest BCUT2D eigenvalue weighted by Gasteiger charge is -2.32. The van der Waals surface area contributed by atoms with E-state index < -0.39 is 6.29 Å². The molecule has 0 radical (unpaired) electrons. The van der Waals surface area contributed by atoms with Crippen LogP contribution in [0.4, 0.5) is 0 Å². The second kappa shape index (κ2) is 6.32. The number of hydrogen-bond acceptors (Lipinski definition) is 5. The highest BCUT2D eigenvalue weighted by Crippen LogP contribution is 2.23. The summed E-state index contributed by atoms with van der Waals surface area (Å²) in [4.78, 5) is 13.4. The Morgan fingerprint density at radius 3 is 2.94 bits per heavy atom. The fourth-order valence-corrected chi connectivity index (χ4v) is 1.57. The Labute approximate surface area is 93.3 Å². The predicted molar refractivity (Wildman–Crippen MR) is 54.5 cm³/mol. The summed E-state index contributed by atoms with van der Waals surface area (Å²) >= 11 is 0. The minimum atomic E-state index is -0.565. The van der Waals surface area contributed by atoms with E-state index in [0.29, 0.717) is 12.8 Å². The van der Waals surface area contributed by atoms with Crippen LogP contribution in [0.3, 0.4) is 0 Å². The zero-order valence-electron chi connectivity index (χ0n) is 9.33. The lowest BCUT2D eigenvalue weighted by atomic mass is 10.0. The van der Waals surface area contributed by atoms with E-state index >= 15 is 0 Å². The normalized spacial score (nSPS) is 29.2. The Balaban J connectivity index is 2.45. The molecule has 1 rings (SSSR count). The van der Waals surface area contributed by atoms with Crippen molar-refractivity contribution in [2.75, 3.05) is 13.7 Å². The first kappa shape index (κ1) is 12.8. The molecule has 1 fully saturated rings. The number of carbonyl (C=O) groups excluding carboxylic acids is 1. The van der Waals surface area contributed by atoms with Crippen molar-refractivity contribution < 1.29 is 19.0 Å². The second-order valence-electron chi connectivity index (χ2n) is 3.51. The van der Waals surface area contributed by atoms with Gasteiger partial charge in [-0.25, -0.2) is 0 Å². The van der Waals surface area contributed by atoms with Crippen LogP contribution in [-0.4, -0.2) is 38.1 Å². The lowest BCUT2D eigenvalue weighted by molar-refractivity contribution is -0.201. The van der Waals surface area contributed by atoms with Gasteiger partial charge in [-0.1, -0.05) is 5.11 Å². The Hall–Kier alpha value is -1.30. The van der Waals surface area contributed by atoms with Crippen molar-refractivity contribution in [3.63, 3.8) is 0 Å². The summed E-state index contributed by atoms with van der Waals surface area (Å²) in [5.74, 6) is -0.338. The van der Waals surface area contributed by atoms with E-state index in [1.165, 1.54) is 14.0 Å². The SMILES string of the molecule is CO[C@H]1O[C@H](COC(C)=O)CC[C@H]1N=[N+]=[N-]. The molecule has 0 spiro atoms. The molecule has 0 bridgehead atoms. The molecule has 1 aliphatic heterocycles. The van der Waals surface area contributed by atoms with E-state index in [1.807, 2.05) is 0 Å². The number of nitrogens with zero attached hydrogens (tertiary/aromatic N) is 3. The molecule has 7 nitrogen and oxygen atoms in total. The van der Waals surface area contributed by atoms with Crippen molar-refractivity contribution in [1.29, 1.82) is 0 Å². The van der Waals surface area contributed by atoms with Crippen molar-refractivity contribution in [2.24, 2.45) is 5.11 Å². The van der Waals surface area contributed by atoms with Gasteiger partial charge in [0.05, 0.1) is 12.1 Å². The monoisotopic (exact) mass is 229 g/mol. The summed E-state index contributed by atoms with van der Waals surface area (Å²) < 4.78 is 15.4. The van der Waals surface area contributed by atoms with Gasteiger partial charge in [0, 0.05) is 18.9 Å². The van der Waals surface area contributed by atoms with E-state index in [9.17, 15) is 4.79 Å². The lowest BCUT2D eigenvalue weighted by Crippen LogP contribution is -2.40. The standard InChI is InChI=1S/C9H15N3O4/c1-6(13)15-5-7-3-4-8(11-12-10)9(14-2)16-7/h7-9H,3-5H2,1-2H3/t7-,8+,9-/m0/s1. The molecule has 0 aliphatic carbocycles. The summed E-state index contributed by atoms with van der Waals surface area (Å²) in [7, 11) is 1.48. The number of carbonyl (C=O) groups is 1. The van der Waals surface area contributed by atoms with Crippen molar-refractivity contribution >= 4 is 5.97 Å². The zero-order valence-corrected chi connectivity index (χ0v) is 9.33. The van der Waals surface area contributed by atoms with Gasteiger partial charge in [-0.05, 0) is 18.4 Å². The molecule has 0 saturated carbocycles. The average molecular weight is 229 g/mol. The molecule has 0 aromatic carbocycles. The average Bonchev–Trinajstić information content (AvgIpc) is 2.28. The maximum Gasteiger partial charge on any atom is 0.302 e. The quantitative estimate of drug-likeness (QED) is 0.315. The third-order valence-corrected chi connectivity index (χ3v) is 2.33. The van der Waals surface area contributed by atoms with Crippen LogP contribution < -0.4 is 0 Å². The van der Waals surface area contributed by atoms with Gasteiger partial charge in [0.1, 0.15) is 6.61 Å². The highest BCUT2D eigenvalue weighted by molar-refractivity contribution is 5.65. The molecule has 0 unspecified atom stereocenters. The van der Waals surface area contributed by atoms with Crippen LogP contribution in [0.15, 0.2) is 5.11 Å². The molecule has 0 amide bonds. The van der Waals surface area contributed by atoms with E-state index in [2.05, 4.69) is 10.0 Å². The van der Waals surface area contributed by atoms with E-state index in [-0.39, 0.29) is 24.7 Å². The first-order chi connectivity index (χ1) is 7.67. The number of ether oxygens (including phenoxy) is 3. The topological polar surface area (TPSA) is 93.5 Å². The Morgan fingerprint density at radius 1 is 1.62 bits per heavy atom. The molecule has 0 aromatic heterocycles. The Morgan fingerprint density at radius 2 is 2.38 bits per heavy atom. The van der Waals surface area contributed by atoms with Crippen LogP contribution in [0.1, 0.15) is 19.8 Å². The first-order valence-corrected chi connectivity index (χ1v) is 5.03.